The lowest BCUT2D eigenvalue weighted by Gasteiger charge is -2.07. The second-order valence-electron chi connectivity index (χ2n) is 4.57. The van der Waals surface area contributed by atoms with E-state index in [1.807, 2.05) is 12.3 Å². The summed E-state index contributed by atoms with van der Waals surface area (Å²) in [4.78, 5) is 4.37. The molecule has 0 fully saturated rings. The molecule has 3 N–H and O–H groups in total. The molecule has 2 aromatic heterocycles. The van der Waals surface area contributed by atoms with Crippen LogP contribution in [0.5, 0.6) is 0 Å². The molecule has 0 saturated heterocycles. The van der Waals surface area contributed by atoms with Gasteiger partial charge in [0.15, 0.2) is 0 Å². The Morgan fingerprint density at radius 1 is 1.33 bits per heavy atom. The first-order chi connectivity index (χ1) is 9.87. The van der Waals surface area contributed by atoms with Gasteiger partial charge >= 0.3 is 6.18 Å². The van der Waals surface area contributed by atoms with Crippen LogP contribution in [0.3, 0.4) is 0 Å². The summed E-state index contributed by atoms with van der Waals surface area (Å²) in [5, 5.41) is 6.55. The van der Waals surface area contributed by atoms with Gasteiger partial charge in [0.1, 0.15) is 15.8 Å². The molecule has 4 nitrogen and oxygen atoms in total. The molecule has 2 rings (SSSR count). The number of nitrogens with two attached hydrogens (primary N) is 1. The van der Waals surface area contributed by atoms with E-state index in [4.69, 9.17) is 5.73 Å². The zero-order valence-electron chi connectivity index (χ0n) is 11.3. The van der Waals surface area contributed by atoms with Gasteiger partial charge in [-0.05, 0) is 31.3 Å². The topological polar surface area (TPSA) is 63.8 Å². The number of rotatable bonds is 6. The molecule has 0 aliphatic heterocycles. The van der Waals surface area contributed by atoms with Crippen molar-refractivity contribution in [3.8, 4) is 10.6 Å². The van der Waals surface area contributed by atoms with Gasteiger partial charge in [0, 0.05) is 24.0 Å². The van der Waals surface area contributed by atoms with Crippen molar-refractivity contribution < 1.29 is 13.2 Å². The monoisotopic (exact) mass is 336 g/mol. The number of nitrogens with zero attached hydrogens (tertiary/aromatic N) is 2. The molecule has 2 aromatic rings. The molecule has 0 unspecified atom stereocenters. The van der Waals surface area contributed by atoms with E-state index in [9.17, 15) is 13.2 Å². The molecular formula is C12H15F3N4S2. The Bertz CT molecular complexity index is 592. The fourth-order valence-corrected chi connectivity index (χ4v) is 3.41. The minimum Gasteiger partial charge on any atom is -0.382 e. The van der Waals surface area contributed by atoms with Crippen LogP contribution in [0.25, 0.3) is 10.6 Å². The summed E-state index contributed by atoms with van der Waals surface area (Å²) in [5.41, 5.74) is 7.49. The number of hydrogen-bond donors (Lipinski definition) is 2. The van der Waals surface area contributed by atoms with Gasteiger partial charge < -0.3 is 11.1 Å². The highest BCUT2D eigenvalue weighted by molar-refractivity contribution is 7.15. The summed E-state index contributed by atoms with van der Waals surface area (Å²) >= 11 is 2.67. The summed E-state index contributed by atoms with van der Waals surface area (Å²) in [6.07, 6.45) is -4.29. The van der Waals surface area contributed by atoms with E-state index in [1.165, 1.54) is 22.9 Å². The number of nitrogens with one attached hydrogen (secondary N) is 1. The van der Waals surface area contributed by atoms with Crippen LogP contribution in [0.15, 0.2) is 5.38 Å². The van der Waals surface area contributed by atoms with Gasteiger partial charge in [-0.25, -0.2) is 4.98 Å². The number of nitrogen functional groups attached to an aromatic ring is 1. The van der Waals surface area contributed by atoms with Crippen molar-refractivity contribution in [3.63, 3.8) is 0 Å². The zero-order chi connectivity index (χ0) is 15.5. The van der Waals surface area contributed by atoms with Gasteiger partial charge in [0.25, 0.3) is 0 Å². The number of halogens is 3. The van der Waals surface area contributed by atoms with Crippen molar-refractivity contribution in [3.05, 3.63) is 11.1 Å². The highest BCUT2D eigenvalue weighted by atomic mass is 32.1. The third kappa shape index (κ3) is 4.57. The summed E-state index contributed by atoms with van der Waals surface area (Å²) in [5.74, 6) is 0.396. The first kappa shape index (κ1) is 16.0. The van der Waals surface area contributed by atoms with Gasteiger partial charge in [0.05, 0.1) is 5.56 Å². The van der Waals surface area contributed by atoms with Crippen molar-refractivity contribution in [1.29, 1.82) is 0 Å². The molecule has 0 aromatic carbocycles. The lowest BCUT2D eigenvalue weighted by atomic mass is 10.2. The molecule has 0 spiro atoms. The summed E-state index contributed by atoms with van der Waals surface area (Å²) in [7, 11) is 0. The normalized spacial score (nSPS) is 11.8. The molecule has 2 heterocycles. The van der Waals surface area contributed by atoms with Gasteiger partial charge in [-0.3, -0.25) is 0 Å². The number of hydrogen-bond acceptors (Lipinski definition) is 6. The smallest absolute Gasteiger partial charge is 0.382 e. The second-order valence-corrected chi connectivity index (χ2v) is 6.20. The van der Waals surface area contributed by atoms with E-state index in [2.05, 4.69) is 14.7 Å². The Balaban J connectivity index is 1.93. The quantitative estimate of drug-likeness (QED) is 0.772. The zero-order valence-corrected chi connectivity index (χ0v) is 13.0. The van der Waals surface area contributed by atoms with Crippen LogP contribution < -0.4 is 11.1 Å². The molecular weight excluding hydrogens is 321 g/mol. The maximum absolute atomic E-state index is 12.0. The molecule has 0 amide bonds. The maximum atomic E-state index is 12.0. The summed E-state index contributed by atoms with van der Waals surface area (Å²) in [6, 6.07) is 0. The van der Waals surface area contributed by atoms with E-state index >= 15 is 0 Å². The molecule has 0 radical (unpaired) electrons. The predicted octanol–water partition coefficient (Wildman–Crippen LogP) is 4.30. The summed E-state index contributed by atoms with van der Waals surface area (Å²) in [6.45, 7) is 2.34. The van der Waals surface area contributed by atoms with Crippen LogP contribution in [-0.2, 0) is 0 Å². The summed E-state index contributed by atoms with van der Waals surface area (Å²) < 4.78 is 40.2. The number of unbranched alkanes of at least 4 members (excludes halogenated alkanes) is 1. The maximum Gasteiger partial charge on any atom is 0.389 e. The van der Waals surface area contributed by atoms with Crippen molar-refractivity contribution in [2.24, 2.45) is 0 Å². The van der Waals surface area contributed by atoms with E-state index in [0.29, 0.717) is 18.8 Å². The third-order valence-electron chi connectivity index (χ3n) is 2.72. The van der Waals surface area contributed by atoms with Crippen molar-refractivity contribution in [2.75, 3.05) is 17.6 Å². The Hall–Kier alpha value is -1.35. The molecule has 0 saturated carbocycles. The van der Waals surface area contributed by atoms with Crippen molar-refractivity contribution >= 4 is 33.7 Å². The number of aryl methyl sites for hydroxylation is 1. The molecule has 0 atom stereocenters. The van der Waals surface area contributed by atoms with Crippen molar-refractivity contribution in [1.82, 2.24) is 9.36 Å². The predicted molar refractivity (Wildman–Crippen MR) is 80.8 cm³/mol. The second kappa shape index (κ2) is 6.61. The highest BCUT2D eigenvalue weighted by Gasteiger charge is 2.25. The SMILES string of the molecule is Cc1csc(-c2c(N)nsc2NCCCCC(F)(F)F)n1. The molecule has 9 heteroatoms. The Labute approximate surface area is 128 Å². The fourth-order valence-electron chi connectivity index (χ4n) is 1.75. The highest BCUT2D eigenvalue weighted by Crippen LogP contribution is 2.38. The fraction of sp³-hybridized carbons (Fsp3) is 0.500. The first-order valence-corrected chi connectivity index (χ1v) is 8.00. The lowest BCUT2D eigenvalue weighted by Crippen LogP contribution is -2.08. The van der Waals surface area contributed by atoms with E-state index in [1.54, 1.807) is 0 Å². The number of anilines is 2. The van der Waals surface area contributed by atoms with Crippen LogP contribution >= 0.6 is 22.9 Å². The average Bonchev–Trinajstić information content (AvgIpc) is 2.94. The van der Waals surface area contributed by atoms with Crippen LogP contribution in [0.2, 0.25) is 0 Å². The van der Waals surface area contributed by atoms with E-state index < -0.39 is 12.6 Å². The van der Waals surface area contributed by atoms with Crippen LogP contribution in [0, 0.1) is 6.92 Å². The Morgan fingerprint density at radius 2 is 2.10 bits per heavy atom. The van der Waals surface area contributed by atoms with Gasteiger partial charge in [-0.2, -0.15) is 17.5 Å². The minimum absolute atomic E-state index is 0.108. The molecule has 0 bridgehead atoms. The van der Waals surface area contributed by atoms with Crippen LogP contribution in [0.1, 0.15) is 25.0 Å². The number of aromatic nitrogens is 2. The van der Waals surface area contributed by atoms with Crippen LogP contribution in [-0.4, -0.2) is 22.1 Å². The standard InChI is InChI=1S/C12H15F3N4S2/c1-7-6-20-11(18-7)8-9(16)19-21-10(8)17-5-3-2-4-12(13,14)15/h6,17H,2-5H2,1H3,(H2,16,19). The van der Waals surface area contributed by atoms with Crippen molar-refractivity contribution in [2.45, 2.75) is 32.4 Å². The number of alkyl halides is 3. The number of thiazole rings is 1. The van der Waals surface area contributed by atoms with Gasteiger partial charge in [0.2, 0.25) is 0 Å². The van der Waals surface area contributed by atoms with E-state index in [0.717, 1.165) is 21.3 Å². The Kier molecular flexibility index (Phi) is 5.04. The Morgan fingerprint density at radius 3 is 2.71 bits per heavy atom. The molecule has 0 aliphatic rings. The molecule has 0 aliphatic carbocycles. The lowest BCUT2D eigenvalue weighted by molar-refractivity contribution is -0.135. The first-order valence-electron chi connectivity index (χ1n) is 6.35. The average molecular weight is 336 g/mol. The van der Waals surface area contributed by atoms with Crippen LogP contribution in [0.4, 0.5) is 24.0 Å². The van der Waals surface area contributed by atoms with Gasteiger partial charge in [-0.15, -0.1) is 11.3 Å². The van der Waals surface area contributed by atoms with Gasteiger partial charge in [-0.1, -0.05) is 0 Å². The third-order valence-corrected chi connectivity index (χ3v) is 4.52. The molecule has 116 valence electrons. The molecule has 21 heavy (non-hydrogen) atoms. The largest absolute Gasteiger partial charge is 0.389 e. The van der Waals surface area contributed by atoms with E-state index in [-0.39, 0.29) is 6.42 Å². The minimum atomic E-state index is -4.08.